The van der Waals surface area contributed by atoms with E-state index in [0.29, 0.717) is 27.1 Å². The first kappa shape index (κ1) is 17.1. The van der Waals surface area contributed by atoms with E-state index in [4.69, 9.17) is 32.7 Å². The molecule has 2 N–H and O–H groups in total. The van der Waals surface area contributed by atoms with Crippen LogP contribution in [0.5, 0.6) is 0 Å². The highest BCUT2D eigenvalue weighted by atomic mass is 35.5. The molecule has 0 aliphatic heterocycles. The molecule has 0 spiro atoms. The summed E-state index contributed by atoms with van der Waals surface area (Å²) < 4.78 is 5.55. The average Bonchev–Trinajstić information content (AvgIpc) is 3.05. The number of carbonyl (C=O) groups is 2. The van der Waals surface area contributed by atoms with Gasteiger partial charge in [0.1, 0.15) is 5.76 Å². The Labute approximate surface area is 152 Å². The van der Waals surface area contributed by atoms with Gasteiger partial charge in [-0.15, -0.1) is 0 Å². The van der Waals surface area contributed by atoms with E-state index in [2.05, 4.69) is 5.32 Å². The number of nitrogens with one attached hydrogen (secondary N) is 1. The van der Waals surface area contributed by atoms with E-state index in [-0.39, 0.29) is 11.3 Å². The van der Waals surface area contributed by atoms with Gasteiger partial charge in [-0.05, 0) is 48.5 Å². The smallest absolute Gasteiger partial charge is 0.335 e. The van der Waals surface area contributed by atoms with Gasteiger partial charge in [0, 0.05) is 5.69 Å². The van der Waals surface area contributed by atoms with Crippen LogP contribution in [0.15, 0.2) is 59.0 Å². The minimum atomic E-state index is -1.04. The van der Waals surface area contributed by atoms with Crippen molar-refractivity contribution in [1.29, 1.82) is 0 Å². The zero-order chi connectivity index (χ0) is 18.0. The fourth-order valence-electron chi connectivity index (χ4n) is 2.22. The molecule has 25 heavy (non-hydrogen) atoms. The molecule has 126 valence electrons. The van der Waals surface area contributed by atoms with Crippen LogP contribution in [0.3, 0.4) is 0 Å². The lowest BCUT2D eigenvalue weighted by Gasteiger charge is -2.05. The Balaban J connectivity index is 1.80. The molecule has 0 atom stereocenters. The maximum atomic E-state index is 12.3. The summed E-state index contributed by atoms with van der Waals surface area (Å²) in [6.45, 7) is 0. The van der Waals surface area contributed by atoms with Crippen molar-refractivity contribution in [3.05, 3.63) is 76.0 Å². The van der Waals surface area contributed by atoms with Crippen LogP contribution in [-0.4, -0.2) is 17.0 Å². The normalized spacial score (nSPS) is 10.5. The van der Waals surface area contributed by atoms with Gasteiger partial charge in [0.05, 0.1) is 21.2 Å². The fraction of sp³-hybridized carbons (Fsp3) is 0. The van der Waals surface area contributed by atoms with E-state index in [1.54, 1.807) is 24.3 Å². The molecule has 3 aromatic rings. The Bertz CT molecular complexity index is 928. The monoisotopic (exact) mass is 375 g/mol. The van der Waals surface area contributed by atoms with Crippen LogP contribution in [0.25, 0.3) is 11.3 Å². The van der Waals surface area contributed by atoms with Gasteiger partial charge < -0.3 is 14.8 Å². The third-order valence-electron chi connectivity index (χ3n) is 3.43. The summed E-state index contributed by atoms with van der Waals surface area (Å²) in [4.78, 5) is 23.1. The quantitative estimate of drug-likeness (QED) is 0.656. The van der Waals surface area contributed by atoms with Gasteiger partial charge in [0.25, 0.3) is 5.91 Å². The van der Waals surface area contributed by atoms with Crippen molar-refractivity contribution in [2.45, 2.75) is 0 Å². The molecule has 0 bridgehead atoms. The maximum Gasteiger partial charge on any atom is 0.335 e. The van der Waals surface area contributed by atoms with Crippen molar-refractivity contribution >= 4 is 40.8 Å². The van der Waals surface area contributed by atoms with Crippen LogP contribution < -0.4 is 5.32 Å². The van der Waals surface area contributed by atoms with Gasteiger partial charge in [0.15, 0.2) is 5.76 Å². The highest BCUT2D eigenvalue weighted by Gasteiger charge is 2.16. The first-order chi connectivity index (χ1) is 12.0. The summed E-state index contributed by atoms with van der Waals surface area (Å²) in [5.74, 6) is -1.06. The summed E-state index contributed by atoms with van der Waals surface area (Å²) in [7, 11) is 0. The summed E-state index contributed by atoms with van der Waals surface area (Å²) in [5, 5.41) is 12.3. The predicted molar refractivity (Wildman–Crippen MR) is 95.5 cm³/mol. The maximum absolute atomic E-state index is 12.3. The van der Waals surface area contributed by atoms with Crippen LogP contribution >= 0.6 is 23.2 Å². The molecule has 0 radical (unpaired) electrons. The molecule has 0 aliphatic carbocycles. The number of carboxylic acids is 1. The number of carboxylic acid groups (broad SMARTS) is 1. The second-order valence-electron chi connectivity index (χ2n) is 5.10. The molecular formula is C18H11Cl2NO4. The van der Waals surface area contributed by atoms with E-state index in [9.17, 15) is 9.59 Å². The first-order valence-electron chi connectivity index (χ1n) is 7.14. The van der Waals surface area contributed by atoms with Crippen LogP contribution in [0.2, 0.25) is 10.0 Å². The molecule has 1 aromatic heterocycles. The molecule has 0 aliphatic rings. The average molecular weight is 376 g/mol. The van der Waals surface area contributed by atoms with E-state index in [0.717, 1.165) is 0 Å². The van der Waals surface area contributed by atoms with Crippen LogP contribution in [-0.2, 0) is 0 Å². The molecule has 0 unspecified atom stereocenters. The SMILES string of the molecule is O=C(O)c1ccc(NC(=O)c2ccc(-c3c(Cl)cccc3Cl)o2)cc1. The highest BCUT2D eigenvalue weighted by Crippen LogP contribution is 2.35. The second-order valence-corrected chi connectivity index (χ2v) is 5.91. The molecule has 3 rings (SSSR count). The second kappa shape index (κ2) is 7.01. The van der Waals surface area contributed by atoms with Gasteiger partial charge in [-0.1, -0.05) is 29.3 Å². The van der Waals surface area contributed by atoms with Crippen LogP contribution in [0.4, 0.5) is 5.69 Å². The lowest BCUT2D eigenvalue weighted by atomic mass is 10.2. The summed E-state index contributed by atoms with van der Waals surface area (Å²) in [6, 6.07) is 14.0. The summed E-state index contributed by atoms with van der Waals surface area (Å²) >= 11 is 12.3. The van der Waals surface area contributed by atoms with Crippen LogP contribution in [0, 0.1) is 0 Å². The van der Waals surface area contributed by atoms with Crippen molar-refractivity contribution in [3.63, 3.8) is 0 Å². The standard InChI is InChI=1S/C18H11Cl2NO4/c19-12-2-1-3-13(20)16(12)14-8-9-15(25-14)17(22)21-11-6-4-10(5-7-11)18(23)24/h1-9H,(H,21,22)(H,23,24). The number of carbonyl (C=O) groups excluding carboxylic acids is 1. The number of anilines is 1. The minimum Gasteiger partial charge on any atom is -0.478 e. The van der Waals surface area contributed by atoms with E-state index in [1.165, 1.54) is 30.3 Å². The molecule has 0 saturated heterocycles. The third-order valence-corrected chi connectivity index (χ3v) is 4.06. The van der Waals surface area contributed by atoms with Crippen molar-refractivity contribution in [1.82, 2.24) is 0 Å². The van der Waals surface area contributed by atoms with Gasteiger partial charge in [-0.3, -0.25) is 4.79 Å². The molecule has 5 nitrogen and oxygen atoms in total. The molecular weight excluding hydrogens is 365 g/mol. The number of benzene rings is 2. The van der Waals surface area contributed by atoms with Crippen LogP contribution in [0.1, 0.15) is 20.9 Å². The van der Waals surface area contributed by atoms with E-state index < -0.39 is 11.9 Å². The lowest BCUT2D eigenvalue weighted by Crippen LogP contribution is -2.11. The van der Waals surface area contributed by atoms with Gasteiger partial charge in [-0.25, -0.2) is 4.79 Å². The highest BCUT2D eigenvalue weighted by molar-refractivity contribution is 6.39. The number of aromatic carboxylic acids is 1. The van der Waals surface area contributed by atoms with Gasteiger partial charge in [0.2, 0.25) is 0 Å². The number of hydrogen-bond acceptors (Lipinski definition) is 3. The molecule has 0 fully saturated rings. The Morgan fingerprint density at radius 1 is 0.920 bits per heavy atom. The Kier molecular flexibility index (Phi) is 4.79. The largest absolute Gasteiger partial charge is 0.478 e. The van der Waals surface area contributed by atoms with E-state index in [1.807, 2.05) is 0 Å². The van der Waals surface area contributed by atoms with Crippen molar-refractivity contribution in [2.24, 2.45) is 0 Å². The van der Waals surface area contributed by atoms with Crippen molar-refractivity contribution < 1.29 is 19.1 Å². The molecule has 2 aromatic carbocycles. The van der Waals surface area contributed by atoms with E-state index >= 15 is 0 Å². The van der Waals surface area contributed by atoms with Gasteiger partial charge in [-0.2, -0.15) is 0 Å². The zero-order valence-corrected chi connectivity index (χ0v) is 14.1. The number of furan rings is 1. The first-order valence-corrected chi connectivity index (χ1v) is 7.90. The predicted octanol–water partition coefficient (Wildman–Crippen LogP) is 5.20. The number of hydrogen-bond donors (Lipinski definition) is 2. The van der Waals surface area contributed by atoms with Gasteiger partial charge >= 0.3 is 5.97 Å². The zero-order valence-electron chi connectivity index (χ0n) is 12.6. The summed E-state index contributed by atoms with van der Waals surface area (Å²) in [6.07, 6.45) is 0. The molecule has 0 saturated carbocycles. The lowest BCUT2D eigenvalue weighted by molar-refractivity contribution is 0.0696. The minimum absolute atomic E-state index is 0.0771. The number of rotatable bonds is 4. The van der Waals surface area contributed by atoms with Crippen molar-refractivity contribution in [3.8, 4) is 11.3 Å². The van der Waals surface area contributed by atoms with Crippen molar-refractivity contribution in [2.75, 3.05) is 5.32 Å². The Morgan fingerprint density at radius 2 is 1.56 bits per heavy atom. The summed E-state index contributed by atoms with van der Waals surface area (Å²) in [5.41, 5.74) is 1.09. The molecule has 1 amide bonds. The third kappa shape index (κ3) is 3.68. The Hall–Kier alpha value is -2.76. The number of amides is 1. The molecule has 1 heterocycles. The number of halogens is 2. The fourth-order valence-corrected chi connectivity index (χ4v) is 2.80. The topological polar surface area (TPSA) is 79.5 Å². The Morgan fingerprint density at radius 3 is 2.16 bits per heavy atom. The molecule has 7 heteroatoms.